The van der Waals surface area contributed by atoms with Gasteiger partial charge < -0.3 is 9.84 Å². The van der Waals surface area contributed by atoms with Crippen LogP contribution in [0.5, 0.6) is 5.88 Å². The second kappa shape index (κ2) is 5.72. The highest BCUT2D eigenvalue weighted by molar-refractivity contribution is 5.35. The molecule has 3 nitrogen and oxygen atoms in total. The molecule has 20 heavy (non-hydrogen) atoms. The van der Waals surface area contributed by atoms with E-state index in [0.717, 1.165) is 29.7 Å². The van der Waals surface area contributed by atoms with Gasteiger partial charge in [-0.25, -0.2) is 4.98 Å². The van der Waals surface area contributed by atoms with E-state index in [9.17, 15) is 5.11 Å². The Hall–Kier alpha value is -1.09. The number of rotatable bonds is 3. The van der Waals surface area contributed by atoms with Gasteiger partial charge in [-0.15, -0.1) is 0 Å². The van der Waals surface area contributed by atoms with Crippen molar-refractivity contribution in [3.8, 4) is 5.88 Å². The molecule has 1 aliphatic carbocycles. The number of hydrogen-bond donors (Lipinski definition) is 1. The summed E-state index contributed by atoms with van der Waals surface area (Å²) in [6, 6.07) is 1.99. The van der Waals surface area contributed by atoms with Crippen LogP contribution in [-0.2, 0) is 6.61 Å². The maximum absolute atomic E-state index is 9.55. The van der Waals surface area contributed by atoms with Crippen molar-refractivity contribution in [1.82, 2.24) is 4.98 Å². The van der Waals surface area contributed by atoms with E-state index in [4.69, 9.17) is 4.74 Å². The molecule has 2 atom stereocenters. The van der Waals surface area contributed by atoms with Crippen molar-refractivity contribution in [3.05, 3.63) is 22.9 Å². The molecule has 0 spiro atoms. The zero-order chi connectivity index (χ0) is 14.9. The quantitative estimate of drug-likeness (QED) is 0.914. The van der Waals surface area contributed by atoms with Gasteiger partial charge in [-0.1, -0.05) is 20.8 Å². The van der Waals surface area contributed by atoms with E-state index in [1.54, 1.807) is 0 Å². The van der Waals surface area contributed by atoms with Gasteiger partial charge in [0, 0.05) is 11.3 Å². The number of nitrogens with zero attached hydrogens (tertiary/aromatic N) is 1. The van der Waals surface area contributed by atoms with Crippen LogP contribution in [0.25, 0.3) is 0 Å². The predicted octanol–water partition coefficient (Wildman–Crippen LogP) is 3.78. The molecule has 112 valence electrons. The topological polar surface area (TPSA) is 42.4 Å². The summed E-state index contributed by atoms with van der Waals surface area (Å²) in [5.74, 6) is 1.30. The normalized spacial score (nSPS) is 25.5. The van der Waals surface area contributed by atoms with Crippen molar-refractivity contribution in [2.75, 3.05) is 0 Å². The first kappa shape index (κ1) is 15.3. The summed E-state index contributed by atoms with van der Waals surface area (Å²) in [5, 5.41) is 9.55. The summed E-state index contributed by atoms with van der Waals surface area (Å²) in [7, 11) is 0. The largest absolute Gasteiger partial charge is 0.474 e. The van der Waals surface area contributed by atoms with E-state index in [1.165, 1.54) is 6.42 Å². The molecule has 1 heterocycles. The molecule has 0 aliphatic heterocycles. The maximum atomic E-state index is 9.55. The Morgan fingerprint density at radius 2 is 2.05 bits per heavy atom. The first-order valence-electron chi connectivity index (χ1n) is 7.55. The summed E-state index contributed by atoms with van der Waals surface area (Å²) in [5.41, 5.74) is 3.14. The number of ether oxygens (including phenoxy) is 1. The zero-order valence-electron chi connectivity index (χ0n) is 13.4. The van der Waals surface area contributed by atoms with Gasteiger partial charge in [-0.05, 0) is 56.1 Å². The van der Waals surface area contributed by atoms with Crippen LogP contribution < -0.4 is 4.74 Å². The summed E-state index contributed by atoms with van der Waals surface area (Å²) >= 11 is 0. The Balaban J connectivity index is 2.21. The molecule has 0 amide bonds. The Labute approximate surface area is 122 Å². The van der Waals surface area contributed by atoms with Crippen LogP contribution in [0.3, 0.4) is 0 Å². The fourth-order valence-electron chi connectivity index (χ4n) is 3.62. The molecular weight excluding hydrogens is 250 g/mol. The molecule has 1 aliphatic rings. The molecule has 0 radical (unpaired) electrons. The second-order valence-corrected chi connectivity index (χ2v) is 7.18. The van der Waals surface area contributed by atoms with Gasteiger partial charge in [-0.2, -0.15) is 0 Å². The van der Waals surface area contributed by atoms with Crippen molar-refractivity contribution in [2.45, 2.75) is 66.6 Å². The van der Waals surface area contributed by atoms with Gasteiger partial charge in [0.25, 0.3) is 0 Å². The van der Waals surface area contributed by atoms with Crippen LogP contribution in [-0.4, -0.2) is 16.2 Å². The number of aromatic nitrogens is 1. The fraction of sp³-hybridized carbons (Fsp3) is 0.706. The fourth-order valence-corrected chi connectivity index (χ4v) is 3.62. The first-order valence-corrected chi connectivity index (χ1v) is 7.55. The lowest BCUT2D eigenvalue weighted by Gasteiger charge is -2.38. The van der Waals surface area contributed by atoms with E-state index in [-0.39, 0.29) is 12.7 Å². The van der Waals surface area contributed by atoms with Crippen molar-refractivity contribution in [3.63, 3.8) is 0 Å². The number of aryl methyl sites for hydroxylation is 2. The third-order valence-electron chi connectivity index (χ3n) is 4.22. The van der Waals surface area contributed by atoms with E-state index in [1.807, 2.05) is 19.9 Å². The lowest BCUT2D eigenvalue weighted by Crippen LogP contribution is -2.34. The van der Waals surface area contributed by atoms with Crippen LogP contribution in [0.4, 0.5) is 0 Å². The molecule has 0 saturated heterocycles. The van der Waals surface area contributed by atoms with Gasteiger partial charge in [0.2, 0.25) is 5.88 Å². The highest BCUT2D eigenvalue weighted by atomic mass is 16.5. The predicted molar refractivity (Wildman–Crippen MR) is 80.8 cm³/mol. The minimum absolute atomic E-state index is 0.0138. The van der Waals surface area contributed by atoms with E-state index in [0.29, 0.717) is 17.2 Å². The third kappa shape index (κ3) is 3.51. The highest BCUT2D eigenvalue weighted by Crippen LogP contribution is 2.40. The number of aliphatic hydroxyl groups is 1. The smallest absolute Gasteiger partial charge is 0.219 e. The Morgan fingerprint density at radius 3 is 2.65 bits per heavy atom. The summed E-state index contributed by atoms with van der Waals surface area (Å²) < 4.78 is 6.17. The van der Waals surface area contributed by atoms with Crippen molar-refractivity contribution in [2.24, 2.45) is 11.3 Å². The minimum atomic E-state index is -0.0138. The molecular formula is C17H27NO2. The third-order valence-corrected chi connectivity index (χ3v) is 4.22. The molecule has 1 saturated carbocycles. The average Bonchev–Trinajstić information content (AvgIpc) is 2.25. The Morgan fingerprint density at radius 1 is 1.35 bits per heavy atom. The monoisotopic (exact) mass is 277 g/mol. The number of pyridine rings is 1. The lowest BCUT2D eigenvalue weighted by atomic mass is 9.71. The zero-order valence-corrected chi connectivity index (χ0v) is 13.4. The number of aliphatic hydroxyl groups excluding tert-OH is 1. The number of hydrogen-bond acceptors (Lipinski definition) is 3. The van der Waals surface area contributed by atoms with Crippen LogP contribution in [0.2, 0.25) is 0 Å². The Kier molecular flexibility index (Phi) is 4.38. The van der Waals surface area contributed by atoms with Crippen LogP contribution in [0.1, 0.15) is 56.9 Å². The minimum Gasteiger partial charge on any atom is -0.474 e. The summed E-state index contributed by atoms with van der Waals surface area (Å²) in [6.07, 6.45) is 3.58. The summed E-state index contributed by atoms with van der Waals surface area (Å²) in [6.45, 7) is 10.9. The van der Waals surface area contributed by atoms with Crippen molar-refractivity contribution < 1.29 is 9.84 Å². The highest BCUT2D eigenvalue weighted by Gasteiger charge is 2.33. The van der Waals surface area contributed by atoms with E-state index in [2.05, 4.69) is 25.8 Å². The SMILES string of the molecule is Cc1cc(C)c(CO)c(OC2CC(C)CC(C)(C)C2)n1. The van der Waals surface area contributed by atoms with Gasteiger partial charge in [0.1, 0.15) is 6.10 Å². The Bertz CT molecular complexity index is 482. The molecule has 1 N–H and O–H groups in total. The van der Waals surface area contributed by atoms with Crippen LogP contribution in [0.15, 0.2) is 6.07 Å². The lowest BCUT2D eigenvalue weighted by molar-refractivity contribution is 0.0515. The molecule has 2 rings (SSSR count). The van der Waals surface area contributed by atoms with Crippen molar-refractivity contribution in [1.29, 1.82) is 0 Å². The maximum Gasteiger partial charge on any atom is 0.219 e. The molecule has 1 aromatic heterocycles. The van der Waals surface area contributed by atoms with Crippen LogP contribution >= 0.6 is 0 Å². The van der Waals surface area contributed by atoms with Crippen LogP contribution in [0, 0.1) is 25.2 Å². The van der Waals surface area contributed by atoms with Gasteiger partial charge in [0.15, 0.2) is 0 Å². The molecule has 0 aromatic carbocycles. The molecule has 1 aromatic rings. The van der Waals surface area contributed by atoms with Gasteiger partial charge in [0.05, 0.1) is 6.61 Å². The van der Waals surface area contributed by atoms with Gasteiger partial charge >= 0.3 is 0 Å². The second-order valence-electron chi connectivity index (χ2n) is 7.18. The molecule has 2 unspecified atom stereocenters. The van der Waals surface area contributed by atoms with E-state index < -0.39 is 0 Å². The van der Waals surface area contributed by atoms with E-state index >= 15 is 0 Å². The van der Waals surface area contributed by atoms with Crippen molar-refractivity contribution >= 4 is 0 Å². The molecule has 0 bridgehead atoms. The summed E-state index contributed by atoms with van der Waals surface area (Å²) in [4.78, 5) is 4.49. The average molecular weight is 277 g/mol. The first-order chi connectivity index (χ1) is 9.30. The standard InChI is InChI=1S/C17H27NO2/c1-11-6-14(9-17(4,5)8-11)20-16-15(10-19)12(2)7-13(3)18-16/h7,11,14,19H,6,8-10H2,1-5H3. The van der Waals surface area contributed by atoms with Gasteiger partial charge in [-0.3, -0.25) is 0 Å². The molecule has 3 heteroatoms. The molecule has 1 fully saturated rings.